The highest BCUT2D eigenvalue weighted by molar-refractivity contribution is 6.33. The molecule has 0 fully saturated rings. The third kappa shape index (κ3) is 2.39. The number of aromatic nitrogens is 3. The van der Waals surface area contributed by atoms with Crippen molar-refractivity contribution in [3.8, 4) is 22.8 Å². The van der Waals surface area contributed by atoms with Crippen LogP contribution in [0.3, 0.4) is 0 Å². The fourth-order valence-electron chi connectivity index (χ4n) is 3.13. The van der Waals surface area contributed by atoms with Crippen LogP contribution in [0.4, 0.5) is 0 Å². The average Bonchev–Trinajstić information content (AvgIpc) is 3.01. The average molecular weight is 354 g/mol. The number of pyridine rings is 1. The zero-order chi connectivity index (χ0) is 17.6. The highest BCUT2D eigenvalue weighted by atomic mass is 35.5. The fraction of sp³-hybridized carbons (Fsp3) is 0.158. The van der Waals surface area contributed by atoms with Gasteiger partial charge in [-0.1, -0.05) is 29.8 Å². The Morgan fingerprint density at radius 1 is 1.00 bits per heavy atom. The number of fused-ring (bicyclic) bond motifs is 3. The molecular formula is C19H16ClN3O2. The molecule has 0 radical (unpaired) electrons. The van der Waals surface area contributed by atoms with Gasteiger partial charge in [-0.2, -0.15) is 5.10 Å². The number of H-pyrrole nitrogens is 1. The maximum atomic E-state index is 6.42. The van der Waals surface area contributed by atoms with Crippen LogP contribution in [-0.2, 0) is 0 Å². The van der Waals surface area contributed by atoms with Crippen LogP contribution in [0.25, 0.3) is 33.1 Å². The molecule has 2 aromatic carbocycles. The monoisotopic (exact) mass is 353 g/mol. The number of benzene rings is 2. The van der Waals surface area contributed by atoms with Crippen molar-refractivity contribution in [3.05, 3.63) is 47.1 Å². The Morgan fingerprint density at radius 3 is 2.36 bits per heavy atom. The minimum atomic E-state index is 0.637. The van der Waals surface area contributed by atoms with E-state index in [-0.39, 0.29) is 0 Å². The van der Waals surface area contributed by atoms with Crippen molar-refractivity contribution in [3.63, 3.8) is 0 Å². The van der Waals surface area contributed by atoms with Crippen LogP contribution in [-0.4, -0.2) is 29.4 Å². The maximum Gasteiger partial charge on any atom is 0.182 e. The summed E-state index contributed by atoms with van der Waals surface area (Å²) in [7, 11) is 3.24. The lowest BCUT2D eigenvalue weighted by Crippen LogP contribution is -1.94. The lowest BCUT2D eigenvalue weighted by atomic mass is 10.0. The maximum absolute atomic E-state index is 6.42. The van der Waals surface area contributed by atoms with Gasteiger partial charge in [0.25, 0.3) is 0 Å². The van der Waals surface area contributed by atoms with Crippen LogP contribution in [0, 0.1) is 6.92 Å². The molecule has 4 aromatic rings. The van der Waals surface area contributed by atoms with Gasteiger partial charge in [0.2, 0.25) is 0 Å². The van der Waals surface area contributed by atoms with Crippen molar-refractivity contribution < 1.29 is 9.47 Å². The zero-order valence-electron chi connectivity index (χ0n) is 14.1. The van der Waals surface area contributed by atoms with Gasteiger partial charge < -0.3 is 9.47 Å². The number of rotatable bonds is 3. The molecule has 0 saturated carbocycles. The number of ether oxygens (including phenoxy) is 2. The second-order valence-corrected chi connectivity index (χ2v) is 6.15. The van der Waals surface area contributed by atoms with Crippen molar-refractivity contribution in [1.29, 1.82) is 0 Å². The molecule has 0 aliphatic heterocycles. The predicted octanol–water partition coefficient (Wildman–Crippen LogP) is 4.76. The van der Waals surface area contributed by atoms with E-state index < -0.39 is 0 Å². The summed E-state index contributed by atoms with van der Waals surface area (Å²) in [6, 6.07) is 11.5. The lowest BCUT2D eigenvalue weighted by molar-refractivity contribution is 0.356. The largest absolute Gasteiger partial charge is 0.493 e. The van der Waals surface area contributed by atoms with E-state index >= 15 is 0 Å². The van der Waals surface area contributed by atoms with Gasteiger partial charge in [-0.25, -0.2) is 4.98 Å². The molecule has 5 nitrogen and oxygen atoms in total. The topological polar surface area (TPSA) is 60.0 Å². The Hall–Kier alpha value is -2.79. The van der Waals surface area contributed by atoms with E-state index in [1.807, 2.05) is 43.3 Å². The summed E-state index contributed by atoms with van der Waals surface area (Å²) in [5, 5.41) is 10.9. The van der Waals surface area contributed by atoms with Gasteiger partial charge in [0, 0.05) is 32.4 Å². The van der Waals surface area contributed by atoms with Gasteiger partial charge in [0.1, 0.15) is 0 Å². The smallest absolute Gasteiger partial charge is 0.182 e. The van der Waals surface area contributed by atoms with E-state index in [0.29, 0.717) is 22.2 Å². The van der Waals surface area contributed by atoms with Gasteiger partial charge >= 0.3 is 0 Å². The molecule has 0 spiro atoms. The number of methoxy groups -OCH3 is 2. The number of nitrogens with zero attached hydrogens (tertiary/aromatic N) is 2. The Kier molecular flexibility index (Phi) is 3.73. The van der Waals surface area contributed by atoms with Crippen molar-refractivity contribution in [1.82, 2.24) is 15.2 Å². The SMILES string of the molecule is COc1cc2c(-c3ccccc3Cl)nc3n[nH]c(C)c3c2cc1OC. The second kappa shape index (κ2) is 5.93. The Balaban J connectivity index is 2.20. The van der Waals surface area contributed by atoms with E-state index in [0.717, 1.165) is 33.1 Å². The summed E-state index contributed by atoms with van der Waals surface area (Å²) in [6.07, 6.45) is 0. The first-order chi connectivity index (χ1) is 12.1. The summed E-state index contributed by atoms with van der Waals surface area (Å²) in [5.41, 5.74) is 3.21. The first kappa shape index (κ1) is 15.7. The third-order valence-corrected chi connectivity index (χ3v) is 4.65. The minimum absolute atomic E-state index is 0.637. The normalized spacial score (nSPS) is 11.2. The van der Waals surface area contributed by atoms with Gasteiger partial charge in [-0.05, 0) is 25.1 Å². The van der Waals surface area contributed by atoms with Crippen LogP contribution in [0.1, 0.15) is 5.69 Å². The van der Waals surface area contributed by atoms with Crippen LogP contribution in [0.15, 0.2) is 36.4 Å². The zero-order valence-corrected chi connectivity index (χ0v) is 14.8. The standard InChI is InChI=1S/C19H16ClN3O2/c1-10-17-12-8-15(24-2)16(25-3)9-13(12)18(21-19(17)23-22-10)11-6-4-5-7-14(11)20/h4-9H,1-3H3,(H,21,22,23). The van der Waals surface area contributed by atoms with E-state index in [9.17, 15) is 0 Å². The van der Waals surface area contributed by atoms with Crippen LogP contribution in [0.2, 0.25) is 5.02 Å². The molecule has 126 valence electrons. The molecule has 1 N–H and O–H groups in total. The number of aryl methyl sites for hydroxylation is 1. The molecule has 4 rings (SSSR count). The number of nitrogens with one attached hydrogen (secondary N) is 1. The molecule has 6 heteroatoms. The van der Waals surface area contributed by atoms with E-state index in [4.69, 9.17) is 26.1 Å². The molecule has 0 unspecified atom stereocenters. The van der Waals surface area contributed by atoms with Crippen LogP contribution in [0.5, 0.6) is 11.5 Å². The van der Waals surface area contributed by atoms with Crippen molar-refractivity contribution in [2.45, 2.75) is 6.92 Å². The van der Waals surface area contributed by atoms with Gasteiger partial charge in [0.15, 0.2) is 17.1 Å². The van der Waals surface area contributed by atoms with Crippen LogP contribution < -0.4 is 9.47 Å². The quantitative estimate of drug-likeness (QED) is 0.577. The molecule has 2 aromatic heterocycles. The molecular weight excluding hydrogens is 338 g/mol. The Labute approximate surface area is 149 Å². The number of hydrogen-bond acceptors (Lipinski definition) is 4. The van der Waals surface area contributed by atoms with Crippen molar-refractivity contribution in [2.75, 3.05) is 14.2 Å². The highest BCUT2D eigenvalue weighted by Gasteiger charge is 2.18. The summed E-state index contributed by atoms with van der Waals surface area (Å²) < 4.78 is 11.0. The predicted molar refractivity (Wildman–Crippen MR) is 99.7 cm³/mol. The molecule has 0 atom stereocenters. The van der Waals surface area contributed by atoms with E-state index in [1.54, 1.807) is 14.2 Å². The minimum Gasteiger partial charge on any atom is -0.493 e. The molecule has 0 aliphatic carbocycles. The van der Waals surface area contributed by atoms with Crippen LogP contribution >= 0.6 is 11.6 Å². The van der Waals surface area contributed by atoms with Crippen molar-refractivity contribution >= 4 is 33.4 Å². The molecule has 2 heterocycles. The first-order valence-electron chi connectivity index (χ1n) is 7.79. The molecule has 0 saturated heterocycles. The summed E-state index contributed by atoms with van der Waals surface area (Å²) in [4.78, 5) is 4.76. The third-order valence-electron chi connectivity index (χ3n) is 4.32. The van der Waals surface area contributed by atoms with Crippen molar-refractivity contribution in [2.24, 2.45) is 0 Å². The number of halogens is 1. The van der Waals surface area contributed by atoms with E-state index in [1.165, 1.54) is 0 Å². The fourth-order valence-corrected chi connectivity index (χ4v) is 3.35. The molecule has 0 amide bonds. The summed E-state index contributed by atoms with van der Waals surface area (Å²) in [6.45, 7) is 1.97. The first-order valence-corrected chi connectivity index (χ1v) is 8.17. The van der Waals surface area contributed by atoms with Gasteiger partial charge in [-0.15, -0.1) is 0 Å². The summed E-state index contributed by atoms with van der Waals surface area (Å²) in [5.74, 6) is 1.30. The lowest BCUT2D eigenvalue weighted by Gasteiger charge is -2.13. The van der Waals surface area contributed by atoms with Gasteiger partial charge in [-0.3, -0.25) is 5.10 Å². The molecule has 0 aliphatic rings. The molecule has 0 bridgehead atoms. The molecule has 25 heavy (non-hydrogen) atoms. The number of hydrogen-bond donors (Lipinski definition) is 1. The Bertz CT molecular complexity index is 1100. The summed E-state index contributed by atoms with van der Waals surface area (Å²) >= 11 is 6.42. The van der Waals surface area contributed by atoms with Gasteiger partial charge in [0.05, 0.1) is 19.9 Å². The highest BCUT2D eigenvalue weighted by Crippen LogP contribution is 2.41. The van der Waals surface area contributed by atoms with E-state index in [2.05, 4.69) is 10.2 Å². The Morgan fingerprint density at radius 2 is 1.68 bits per heavy atom. The number of aromatic amines is 1. The second-order valence-electron chi connectivity index (χ2n) is 5.74.